The van der Waals surface area contributed by atoms with Crippen LogP contribution in [0.2, 0.25) is 0 Å². The van der Waals surface area contributed by atoms with Crippen molar-refractivity contribution in [3.63, 3.8) is 0 Å². The molecule has 0 aliphatic heterocycles. The molecule has 6 heteroatoms. The second-order valence-electron chi connectivity index (χ2n) is 6.27. The van der Waals surface area contributed by atoms with Gasteiger partial charge in [-0.3, -0.25) is 4.79 Å². The predicted octanol–water partition coefficient (Wildman–Crippen LogP) is 5.28. The molecule has 0 aliphatic rings. The highest BCUT2D eigenvalue weighted by Crippen LogP contribution is 2.26. The van der Waals surface area contributed by atoms with Crippen molar-refractivity contribution in [1.29, 1.82) is 0 Å². The van der Waals surface area contributed by atoms with Crippen molar-refractivity contribution in [2.45, 2.75) is 6.61 Å². The monoisotopic (exact) mass is 378 g/mol. The van der Waals surface area contributed by atoms with E-state index in [0.717, 1.165) is 17.7 Å². The Morgan fingerprint density at radius 2 is 1.75 bits per heavy atom. The molecule has 0 atom stereocenters. The van der Waals surface area contributed by atoms with Crippen molar-refractivity contribution in [1.82, 2.24) is 4.98 Å². The van der Waals surface area contributed by atoms with Crippen LogP contribution in [0.3, 0.4) is 0 Å². The van der Waals surface area contributed by atoms with Gasteiger partial charge in [0.05, 0.1) is 11.2 Å². The van der Waals surface area contributed by atoms with Gasteiger partial charge < -0.3 is 15.0 Å². The zero-order chi connectivity index (χ0) is 19.5. The van der Waals surface area contributed by atoms with Crippen molar-refractivity contribution in [3.8, 4) is 5.75 Å². The number of rotatable bonds is 5. The maximum absolute atomic E-state index is 13.5. The largest absolute Gasteiger partial charge is 0.489 e. The number of aromatic nitrogens is 1. The van der Waals surface area contributed by atoms with Crippen LogP contribution in [0.4, 0.5) is 14.5 Å². The van der Waals surface area contributed by atoms with Crippen LogP contribution in [0.15, 0.2) is 72.9 Å². The first kappa shape index (κ1) is 17.7. The lowest BCUT2D eigenvalue weighted by atomic mass is 10.2. The van der Waals surface area contributed by atoms with Crippen LogP contribution in [0.1, 0.15) is 15.9 Å². The molecule has 4 aromatic rings. The third-order valence-corrected chi connectivity index (χ3v) is 4.32. The highest BCUT2D eigenvalue weighted by Gasteiger charge is 2.13. The summed E-state index contributed by atoms with van der Waals surface area (Å²) in [6.07, 6.45) is 1.50. The zero-order valence-corrected chi connectivity index (χ0v) is 14.7. The summed E-state index contributed by atoms with van der Waals surface area (Å²) in [6.45, 7) is 0.388. The minimum absolute atomic E-state index is 0.370. The summed E-state index contributed by atoms with van der Waals surface area (Å²) in [5, 5.41) is 3.11. The highest BCUT2D eigenvalue weighted by molar-refractivity contribution is 6.09. The molecule has 0 saturated carbocycles. The van der Waals surface area contributed by atoms with Crippen LogP contribution in [0.25, 0.3) is 10.9 Å². The van der Waals surface area contributed by atoms with Gasteiger partial charge in [-0.2, -0.15) is 0 Å². The number of amides is 1. The van der Waals surface area contributed by atoms with E-state index in [0.29, 0.717) is 34.5 Å². The predicted molar refractivity (Wildman–Crippen MR) is 103 cm³/mol. The molecule has 4 rings (SSSR count). The highest BCUT2D eigenvalue weighted by atomic mass is 19.2. The number of aromatic amines is 1. The minimum atomic E-state index is -0.973. The number of H-pyrrole nitrogens is 1. The number of hydrogen-bond acceptors (Lipinski definition) is 2. The summed E-state index contributed by atoms with van der Waals surface area (Å²) in [4.78, 5) is 15.4. The zero-order valence-electron chi connectivity index (χ0n) is 14.7. The Bertz CT molecular complexity index is 1140. The molecule has 0 spiro atoms. The van der Waals surface area contributed by atoms with Crippen molar-refractivity contribution in [3.05, 3.63) is 95.7 Å². The van der Waals surface area contributed by atoms with E-state index in [-0.39, 0.29) is 5.91 Å². The molecular weight excluding hydrogens is 362 g/mol. The molecule has 0 bridgehead atoms. The Hall–Kier alpha value is -3.67. The number of hydrogen-bond donors (Lipinski definition) is 2. The lowest BCUT2D eigenvalue weighted by Gasteiger charge is -2.09. The first-order valence-corrected chi connectivity index (χ1v) is 8.64. The molecule has 2 N–H and O–H groups in total. The number of ether oxygens (including phenoxy) is 1. The van der Waals surface area contributed by atoms with E-state index in [2.05, 4.69) is 10.3 Å². The van der Waals surface area contributed by atoms with Crippen LogP contribution < -0.4 is 10.1 Å². The quantitative estimate of drug-likeness (QED) is 0.497. The van der Waals surface area contributed by atoms with Gasteiger partial charge in [0.1, 0.15) is 12.4 Å². The Labute approximate surface area is 159 Å². The summed E-state index contributed by atoms with van der Waals surface area (Å²) in [5.74, 6) is -1.74. The van der Waals surface area contributed by atoms with E-state index in [1.165, 1.54) is 6.20 Å². The molecule has 1 heterocycles. The molecule has 0 fully saturated rings. The van der Waals surface area contributed by atoms with Gasteiger partial charge in [0, 0.05) is 23.2 Å². The lowest BCUT2D eigenvalue weighted by Crippen LogP contribution is -2.11. The molecule has 0 aliphatic carbocycles. The van der Waals surface area contributed by atoms with Gasteiger partial charge >= 0.3 is 0 Å². The van der Waals surface area contributed by atoms with E-state index < -0.39 is 11.6 Å². The summed E-state index contributed by atoms with van der Waals surface area (Å²) < 4.78 is 32.6. The number of anilines is 1. The van der Waals surface area contributed by atoms with E-state index >= 15 is 0 Å². The third kappa shape index (κ3) is 3.71. The smallest absolute Gasteiger partial charge is 0.255 e. The summed E-state index contributed by atoms with van der Waals surface area (Å²) in [5.41, 5.74) is 2.18. The number of benzene rings is 3. The van der Waals surface area contributed by atoms with Crippen molar-refractivity contribution >= 4 is 22.5 Å². The fraction of sp³-hybridized carbons (Fsp3) is 0.0455. The first-order chi connectivity index (χ1) is 13.6. The van der Waals surface area contributed by atoms with Gasteiger partial charge in [-0.05, 0) is 29.8 Å². The molecule has 140 valence electrons. The molecule has 1 amide bonds. The van der Waals surface area contributed by atoms with Gasteiger partial charge in [0.15, 0.2) is 11.6 Å². The second-order valence-corrected chi connectivity index (χ2v) is 6.27. The van der Waals surface area contributed by atoms with E-state index in [1.807, 2.05) is 30.3 Å². The van der Waals surface area contributed by atoms with Crippen LogP contribution >= 0.6 is 0 Å². The van der Waals surface area contributed by atoms with Gasteiger partial charge in [-0.15, -0.1) is 0 Å². The molecule has 1 aromatic heterocycles. The number of nitrogens with one attached hydrogen (secondary N) is 2. The second kappa shape index (κ2) is 7.52. The molecule has 0 unspecified atom stereocenters. The number of carbonyl (C=O) groups excluding carboxylic acids is 1. The average Bonchev–Trinajstić information content (AvgIpc) is 3.09. The Kier molecular flexibility index (Phi) is 4.76. The Balaban J connectivity index is 1.50. The van der Waals surface area contributed by atoms with E-state index in [1.54, 1.807) is 24.3 Å². The van der Waals surface area contributed by atoms with Crippen molar-refractivity contribution in [2.24, 2.45) is 0 Å². The molecular formula is C22H16F2N2O2. The molecule has 28 heavy (non-hydrogen) atoms. The fourth-order valence-electron chi connectivity index (χ4n) is 2.88. The summed E-state index contributed by atoms with van der Waals surface area (Å²) in [7, 11) is 0. The SMILES string of the molecule is O=C(Nc1c[nH]c2cc(F)c(F)cc12)c1cccc(OCc2ccccc2)c1. The molecule has 3 aromatic carbocycles. The molecule has 0 saturated heterocycles. The van der Waals surface area contributed by atoms with Crippen molar-refractivity contribution in [2.75, 3.05) is 5.32 Å². The van der Waals surface area contributed by atoms with Crippen LogP contribution in [-0.2, 0) is 6.61 Å². The topological polar surface area (TPSA) is 54.1 Å². The lowest BCUT2D eigenvalue weighted by molar-refractivity contribution is 0.102. The van der Waals surface area contributed by atoms with Crippen LogP contribution in [-0.4, -0.2) is 10.9 Å². The summed E-state index contributed by atoms with van der Waals surface area (Å²) in [6, 6.07) is 18.6. The van der Waals surface area contributed by atoms with Crippen LogP contribution in [0.5, 0.6) is 5.75 Å². The normalized spacial score (nSPS) is 10.8. The number of carbonyl (C=O) groups is 1. The summed E-state index contributed by atoms with van der Waals surface area (Å²) >= 11 is 0. The fourth-order valence-corrected chi connectivity index (χ4v) is 2.88. The number of halogens is 2. The third-order valence-electron chi connectivity index (χ3n) is 4.32. The van der Waals surface area contributed by atoms with E-state index in [9.17, 15) is 13.6 Å². The van der Waals surface area contributed by atoms with Crippen LogP contribution in [0, 0.1) is 11.6 Å². The molecule has 0 radical (unpaired) electrons. The maximum atomic E-state index is 13.5. The maximum Gasteiger partial charge on any atom is 0.255 e. The Morgan fingerprint density at radius 1 is 0.964 bits per heavy atom. The van der Waals surface area contributed by atoms with Crippen molar-refractivity contribution < 1.29 is 18.3 Å². The van der Waals surface area contributed by atoms with Gasteiger partial charge in [-0.25, -0.2) is 8.78 Å². The van der Waals surface area contributed by atoms with E-state index in [4.69, 9.17) is 4.74 Å². The van der Waals surface area contributed by atoms with Gasteiger partial charge in [0.2, 0.25) is 0 Å². The average molecular weight is 378 g/mol. The van der Waals surface area contributed by atoms with Gasteiger partial charge in [0.25, 0.3) is 5.91 Å². The molecule has 4 nitrogen and oxygen atoms in total. The first-order valence-electron chi connectivity index (χ1n) is 8.64. The minimum Gasteiger partial charge on any atom is -0.489 e. The Morgan fingerprint density at radius 3 is 2.57 bits per heavy atom. The number of fused-ring (bicyclic) bond motifs is 1. The standard InChI is InChI=1S/C22H16F2N2O2/c23-18-10-17-20(11-19(18)24)25-12-21(17)26-22(27)15-7-4-8-16(9-15)28-13-14-5-2-1-3-6-14/h1-12,25H,13H2,(H,26,27). The van der Waals surface area contributed by atoms with Gasteiger partial charge in [-0.1, -0.05) is 36.4 Å².